The Morgan fingerprint density at radius 1 is 1.30 bits per heavy atom. The summed E-state index contributed by atoms with van der Waals surface area (Å²) in [5.74, 6) is -2.32. The molecule has 0 unspecified atom stereocenters. The Bertz CT molecular complexity index is 918. The lowest BCUT2D eigenvalue weighted by molar-refractivity contribution is -0.312. The average Bonchev–Trinajstić information content (AvgIpc) is 2.81. The van der Waals surface area contributed by atoms with Gasteiger partial charge in [-0.15, -0.1) is 0 Å². The molecule has 0 spiro atoms. The van der Waals surface area contributed by atoms with Gasteiger partial charge < -0.3 is 14.3 Å². The van der Waals surface area contributed by atoms with Crippen LogP contribution in [-0.2, 0) is 21.9 Å². The highest BCUT2D eigenvalue weighted by Crippen LogP contribution is 2.25. The van der Waals surface area contributed by atoms with E-state index in [9.17, 15) is 23.1 Å². The molecule has 2 heterocycles. The molecule has 1 aliphatic rings. The average molecular weight is 339 g/mol. The molecule has 0 N–H and O–H groups in total. The van der Waals surface area contributed by atoms with E-state index in [2.05, 4.69) is 0 Å². The van der Waals surface area contributed by atoms with Gasteiger partial charge in [0.1, 0.15) is 0 Å². The summed E-state index contributed by atoms with van der Waals surface area (Å²) < 4.78 is 32.8. The van der Waals surface area contributed by atoms with Crippen LogP contribution in [0.1, 0.15) is 12.8 Å². The van der Waals surface area contributed by atoms with Gasteiger partial charge in [-0.2, -0.15) is 4.31 Å². The minimum absolute atomic E-state index is 0.0197. The molecule has 9 heteroatoms. The van der Waals surface area contributed by atoms with Gasteiger partial charge in [0.25, 0.3) is 0 Å². The first-order valence-electron chi connectivity index (χ1n) is 7.11. The van der Waals surface area contributed by atoms with Gasteiger partial charge in [-0.25, -0.2) is 13.2 Å². The Hall–Kier alpha value is -2.13. The predicted octanol–water partition coefficient (Wildman–Crippen LogP) is -0.718. The van der Waals surface area contributed by atoms with E-state index in [0.717, 1.165) is 0 Å². The van der Waals surface area contributed by atoms with Gasteiger partial charge in [-0.3, -0.25) is 4.57 Å². The molecule has 0 amide bonds. The van der Waals surface area contributed by atoms with Gasteiger partial charge >= 0.3 is 5.76 Å². The highest BCUT2D eigenvalue weighted by atomic mass is 32.2. The lowest BCUT2D eigenvalue weighted by Gasteiger charge is -2.31. The summed E-state index contributed by atoms with van der Waals surface area (Å²) in [6, 6.07) is 4.25. The van der Waals surface area contributed by atoms with Crippen molar-refractivity contribution in [3.8, 4) is 0 Å². The number of carboxylic acids is 1. The Kier molecular flexibility index (Phi) is 3.77. The quantitative estimate of drug-likeness (QED) is 0.729. The van der Waals surface area contributed by atoms with Crippen LogP contribution in [0.4, 0.5) is 0 Å². The molecule has 1 saturated heterocycles. The Labute approximate surface area is 132 Å². The molecule has 2 aromatic rings. The van der Waals surface area contributed by atoms with E-state index < -0.39 is 27.7 Å². The normalized spacial score (nSPS) is 17.6. The topological polar surface area (TPSA) is 113 Å². The number of rotatable bonds is 3. The number of oxazole rings is 1. The highest BCUT2D eigenvalue weighted by Gasteiger charge is 2.30. The molecule has 0 radical (unpaired) electrons. The molecular weight excluding hydrogens is 324 g/mol. The second kappa shape index (κ2) is 5.50. The number of sulfonamides is 1. The third-order valence-corrected chi connectivity index (χ3v) is 6.08. The lowest BCUT2D eigenvalue weighted by Crippen LogP contribution is -2.43. The first-order valence-corrected chi connectivity index (χ1v) is 8.55. The van der Waals surface area contributed by atoms with Gasteiger partial charge in [-0.1, -0.05) is 0 Å². The number of carbonyl (C=O) groups is 1. The van der Waals surface area contributed by atoms with Crippen LogP contribution in [0, 0.1) is 5.92 Å². The van der Waals surface area contributed by atoms with E-state index in [4.69, 9.17) is 4.42 Å². The van der Waals surface area contributed by atoms with Crippen molar-refractivity contribution in [2.45, 2.75) is 17.7 Å². The van der Waals surface area contributed by atoms with Crippen molar-refractivity contribution < 1.29 is 22.7 Å². The summed E-state index contributed by atoms with van der Waals surface area (Å²) in [5.41, 5.74) is 0.702. The van der Waals surface area contributed by atoms with Gasteiger partial charge in [0.2, 0.25) is 10.0 Å². The van der Waals surface area contributed by atoms with Crippen LogP contribution >= 0.6 is 0 Å². The van der Waals surface area contributed by atoms with E-state index in [1.54, 1.807) is 0 Å². The van der Waals surface area contributed by atoms with Crippen molar-refractivity contribution in [1.29, 1.82) is 0 Å². The van der Waals surface area contributed by atoms with Crippen molar-refractivity contribution in [2.75, 3.05) is 13.1 Å². The number of carbonyl (C=O) groups excluding carboxylic acids is 1. The zero-order chi connectivity index (χ0) is 16.8. The molecule has 0 bridgehead atoms. The molecule has 1 aromatic carbocycles. The van der Waals surface area contributed by atoms with Gasteiger partial charge in [0, 0.05) is 38.1 Å². The van der Waals surface area contributed by atoms with E-state index in [1.807, 2.05) is 0 Å². The van der Waals surface area contributed by atoms with Crippen molar-refractivity contribution in [3.63, 3.8) is 0 Å². The smallest absolute Gasteiger partial charge is 0.419 e. The zero-order valence-corrected chi connectivity index (χ0v) is 13.2. The van der Waals surface area contributed by atoms with Crippen LogP contribution in [0.15, 0.2) is 32.3 Å². The lowest BCUT2D eigenvalue weighted by atomic mass is 9.99. The first kappa shape index (κ1) is 15.8. The molecule has 3 rings (SSSR count). The Morgan fingerprint density at radius 3 is 2.57 bits per heavy atom. The Morgan fingerprint density at radius 2 is 1.96 bits per heavy atom. The fourth-order valence-electron chi connectivity index (χ4n) is 2.76. The van der Waals surface area contributed by atoms with Crippen LogP contribution in [0.25, 0.3) is 11.1 Å². The van der Waals surface area contributed by atoms with Crippen LogP contribution in [0.3, 0.4) is 0 Å². The molecule has 1 aromatic heterocycles. The molecule has 23 heavy (non-hydrogen) atoms. The molecule has 1 fully saturated rings. The van der Waals surface area contributed by atoms with Crippen molar-refractivity contribution in [1.82, 2.24) is 8.87 Å². The first-order chi connectivity index (χ1) is 10.8. The standard InChI is InChI=1S/C14H16N2O6S/c1-15-11-3-2-10(8-12(11)22-14(15)19)23(20,21)16-6-4-9(5-7-16)13(17)18/h2-3,8-9H,4-7H2,1H3,(H,17,18)/p-1. The number of aliphatic carboxylic acids is 1. The molecule has 0 aliphatic carbocycles. The van der Waals surface area contributed by atoms with Gasteiger partial charge in [0.15, 0.2) is 5.58 Å². The summed E-state index contributed by atoms with van der Waals surface area (Å²) in [5, 5.41) is 10.8. The number of piperidine rings is 1. The number of nitrogens with zero attached hydrogens (tertiary/aromatic N) is 2. The number of fused-ring (bicyclic) bond motifs is 1. The molecule has 124 valence electrons. The number of carboxylic acid groups (broad SMARTS) is 1. The fraction of sp³-hybridized carbons (Fsp3) is 0.429. The van der Waals surface area contributed by atoms with E-state index in [0.29, 0.717) is 5.52 Å². The van der Waals surface area contributed by atoms with Crippen molar-refractivity contribution in [3.05, 3.63) is 28.7 Å². The summed E-state index contributed by atoms with van der Waals surface area (Å²) in [7, 11) is -2.22. The minimum atomic E-state index is -3.76. The van der Waals surface area contributed by atoms with Gasteiger partial charge in [-0.05, 0) is 25.0 Å². The summed E-state index contributed by atoms with van der Waals surface area (Å²) in [6.45, 7) is 0.246. The molecule has 1 aliphatic heterocycles. The maximum absolute atomic E-state index is 12.6. The third-order valence-electron chi connectivity index (χ3n) is 4.19. The third kappa shape index (κ3) is 2.66. The Balaban J connectivity index is 1.91. The minimum Gasteiger partial charge on any atom is -0.550 e. The molecule has 0 saturated carbocycles. The summed E-state index contributed by atoms with van der Waals surface area (Å²) in [6.07, 6.45) is 0.453. The fourth-order valence-corrected chi connectivity index (χ4v) is 4.24. The highest BCUT2D eigenvalue weighted by molar-refractivity contribution is 7.89. The van der Waals surface area contributed by atoms with Crippen LogP contribution < -0.4 is 10.9 Å². The molecule has 0 atom stereocenters. The van der Waals surface area contributed by atoms with Gasteiger partial charge in [0.05, 0.1) is 10.4 Å². The van der Waals surface area contributed by atoms with Crippen molar-refractivity contribution in [2.24, 2.45) is 13.0 Å². The van der Waals surface area contributed by atoms with Crippen LogP contribution in [0.2, 0.25) is 0 Å². The molecule has 8 nitrogen and oxygen atoms in total. The zero-order valence-electron chi connectivity index (χ0n) is 12.4. The summed E-state index contributed by atoms with van der Waals surface area (Å²) in [4.78, 5) is 22.3. The molecular formula is C14H15N2O6S-. The van der Waals surface area contributed by atoms with E-state index in [-0.39, 0.29) is 36.4 Å². The summed E-state index contributed by atoms with van der Waals surface area (Å²) >= 11 is 0. The van der Waals surface area contributed by atoms with E-state index >= 15 is 0 Å². The number of aromatic nitrogens is 1. The second-order valence-corrected chi connectivity index (χ2v) is 7.49. The predicted molar refractivity (Wildman–Crippen MR) is 77.9 cm³/mol. The maximum atomic E-state index is 12.6. The van der Waals surface area contributed by atoms with Crippen LogP contribution in [-0.4, -0.2) is 36.3 Å². The van der Waals surface area contributed by atoms with Crippen molar-refractivity contribution >= 4 is 27.1 Å². The van der Waals surface area contributed by atoms with Crippen LogP contribution in [0.5, 0.6) is 0 Å². The second-order valence-electron chi connectivity index (χ2n) is 5.55. The number of benzene rings is 1. The van der Waals surface area contributed by atoms with E-state index in [1.165, 1.54) is 34.1 Å². The monoisotopic (exact) mass is 339 g/mol. The maximum Gasteiger partial charge on any atom is 0.419 e. The number of aryl methyl sites for hydroxylation is 1. The number of hydrogen-bond acceptors (Lipinski definition) is 6. The largest absolute Gasteiger partial charge is 0.550 e. The SMILES string of the molecule is Cn1c(=O)oc2cc(S(=O)(=O)N3CCC(C(=O)[O-])CC3)ccc21. The number of hydrogen-bond donors (Lipinski definition) is 0.